The molecule has 0 unspecified atom stereocenters. The number of hydrogen-bond acceptors (Lipinski definition) is 6. The lowest BCUT2D eigenvalue weighted by Crippen LogP contribution is -2.29. The van der Waals surface area contributed by atoms with Gasteiger partial charge in [0, 0.05) is 41.5 Å². The summed E-state index contributed by atoms with van der Waals surface area (Å²) < 4.78 is 3.20. The zero-order chi connectivity index (χ0) is 31.6. The van der Waals surface area contributed by atoms with Gasteiger partial charge in [-0.15, -0.1) is 0 Å². The van der Waals surface area contributed by atoms with Crippen molar-refractivity contribution in [2.24, 2.45) is 0 Å². The van der Waals surface area contributed by atoms with Crippen molar-refractivity contribution < 1.29 is 19.5 Å². The van der Waals surface area contributed by atoms with Gasteiger partial charge in [0.15, 0.2) is 0 Å². The van der Waals surface area contributed by atoms with Crippen LogP contribution in [0.15, 0.2) is 95.9 Å². The van der Waals surface area contributed by atoms with E-state index >= 15 is 0 Å². The van der Waals surface area contributed by atoms with E-state index in [9.17, 15) is 14.4 Å². The van der Waals surface area contributed by atoms with Crippen LogP contribution in [-0.4, -0.2) is 42.5 Å². The number of aryl methyl sites for hydroxylation is 2. The Morgan fingerprint density at radius 3 is 2.11 bits per heavy atom. The molecule has 45 heavy (non-hydrogen) atoms. The molecule has 0 aliphatic carbocycles. The van der Waals surface area contributed by atoms with Gasteiger partial charge in [0.2, 0.25) is 0 Å². The molecule has 0 atom stereocenters. The van der Waals surface area contributed by atoms with Gasteiger partial charge in [0.05, 0.1) is 16.8 Å². The zero-order valence-electron chi connectivity index (χ0n) is 25.3. The van der Waals surface area contributed by atoms with Crippen LogP contribution >= 0.6 is 11.9 Å². The number of hydrogen-bond donors (Lipinski definition) is 4. The quantitative estimate of drug-likeness (QED) is 0.123. The van der Waals surface area contributed by atoms with Crippen molar-refractivity contribution in [2.45, 2.75) is 43.9 Å². The fourth-order valence-corrected chi connectivity index (χ4v) is 5.93. The number of carbonyl (C=O) groups is 3. The molecule has 1 saturated heterocycles. The maximum absolute atomic E-state index is 13.7. The normalized spacial score (nSPS) is 12.9. The third-order valence-corrected chi connectivity index (χ3v) is 8.69. The molecular weight excluding hydrogens is 584 g/mol. The van der Waals surface area contributed by atoms with Crippen LogP contribution < -0.4 is 20.3 Å². The smallest absolute Gasteiger partial charge is 0.335 e. The maximum atomic E-state index is 13.7. The van der Waals surface area contributed by atoms with Gasteiger partial charge in [-0.25, -0.2) is 4.79 Å². The van der Waals surface area contributed by atoms with Gasteiger partial charge in [-0.1, -0.05) is 37.3 Å². The third kappa shape index (κ3) is 8.74. The van der Waals surface area contributed by atoms with Crippen LogP contribution in [0.3, 0.4) is 0 Å². The Kier molecular flexibility index (Phi) is 10.9. The lowest BCUT2D eigenvalue weighted by atomic mass is 10.0. The van der Waals surface area contributed by atoms with Crippen molar-refractivity contribution in [1.29, 1.82) is 0 Å². The minimum atomic E-state index is -0.934. The number of carboxylic acids is 1. The van der Waals surface area contributed by atoms with E-state index in [0.29, 0.717) is 22.5 Å². The molecule has 4 aromatic rings. The van der Waals surface area contributed by atoms with E-state index in [-0.39, 0.29) is 17.4 Å². The molecule has 8 nitrogen and oxygen atoms in total. The summed E-state index contributed by atoms with van der Waals surface area (Å²) in [6, 6.07) is 27.7. The number of aromatic carboxylic acids is 1. The summed E-state index contributed by atoms with van der Waals surface area (Å²) in [5.74, 6) is -1.51. The molecular formula is C36H38N4O4S. The van der Waals surface area contributed by atoms with Crippen molar-refractivity contribution >= 4 is 46.8 Å². The van der Waals surface area contributed by atoms with Gasteiger partial charge in [-0.3, -0.25) is 14.3 Å². The predicted molar refractivity (Wildman–Crippen MR) is 182 cm³/mol. The number of carbonyl (C=O) groups excluding carboxylic acids is 2. The minimum Gasteiger partial charge on any atom is -0.478 e. The summed E-state index contributed by atoms with van der Waals surface area (Å²) in [6.45, 7) is 4.70. The van der Waals surface area contributed by atoms with E-state index in [1.54, 1.807) is 18.2 Å². The molecule has 0 bridgehead atoms. The fraction of sp³-hybridized carbons (Fsp3) is 0.250. The molecule has 5 rings (SSSR count). The Morgan fingerprint density at radius 2 is 1.44 bits per heavy atom. The molecule has 1 aliphatic heterocycles. The molecule has 1 heterocycles. The van der Waals surface area contributed by atoms with Gasteiger partial charge in [-0.05, 0) is 116 Å². The summed E-state index contributed by atoms with van der Waals surface area (Å²) in [5.41, 5.74) is 5.42. The van der Waals surface area contributed by atoms with E-state index in [2.05, 4.69) is 20.3 Å². The standard InChI is InChI=1S/C36H38N4O4S/c1-2-37-45-31-8-6-7-28(23-31)34(41)39-33-20-19-30(40-21-4-3-5-22-40)24-32(33)35(42)38-29-17-13-26(14-18-29)10-9-25-11-15-27(16-12-25)36(43)44/h6-8,11-20,23-24,37H,2-5,9-10,21-22H2,1H3,(H,38,42)(H,39,41)(H,43,44). The van der Waals surface area contributed by atoms with E-state index in [4.69, 9.17) is 5.11 Å². The summed E-state index contributed by atoms with van der Waals surface area (Å²) in [4.78, 5) is 41.3. The number of benzene rings is 4. The SMILES string of the molecule is CCNSc1cccc(C(=O)Nc2ccc(N3CCCCC3)cc2C(=O)Nc2ccc(CCc3ccc(C(=O)O)cc3)cc2)c1. The highest BCUT2D eigenvalue weighted by molar-refractivity contribution is 7.97. The summed E-state index contributed by atoms with van der Waals surface area (Å²) in [7, 11) is 0. The number of anilines is 3. The van der Waals surface area contributed by atoms with E-state index in [1.807, 2.05) is 79.7 Å². The third-order valence-electron chi connectivity index (χ3n) is 7.76. The van der Waals surface area contributed by atoms with Crippen molar-refractivity contribution in [3.63, 3.8) is 0 Å². The van der Waals surface area contributed by atoms with E-state index in [1.165, 1.54) is 18.4 Å². The maximum Gasteiger partial charge on any atom is 0.335 e. The van der Waals surface area contributed by atoms with Crippen LogP contribution in [0.2, 0.25) is 0 Å². The molecule has 4 aromatic carbocycles. The number of rotatable bonds is 12. The Hall–Kier alpha value is -4.60. The van der Waals surface area contributed by atoms with Crippen LogP contribution in [-0.2, 0) is 12.8 Å². The van der Waals surface area contributed by atoms with Crippen molar-refractivity contribution in [3.05, 3.63) is 119 Å². The Bertz CT molecular complexity index is 1630. The second kappa shape index (κ2) is 15.4. The highest BCUT2D eigenvalue weighted by Gasteiger charge is 2.19. The molecule has 0 radical (unpaired) electrons. The largest absolute Gasteiger partial charge is 0.478 e. The summed E-state index contributed by atoms with van der Waals surface area (Å²) >= 11 is 1.47. The van der Waals surface area contributed by atoms with Crippen LogP contribution in [0, 0.1) is 0 Å². The zero-order valence-corrected chi connectivity index (χ0v) is 26.2. The number of amides is 2. The fourth-order valence-electron chi connectivity index (χ4n) is 5.28. The molecule has 9 heteroatoms. The second-order valence-corrected chi connectivity index (χ2v) is 12.0. The van der Waals surface area contributed by atoms with Gasteiger partial charge in [-0.2, -0.15) is 0 Å². The van der Waals surface area contributed by atoms with Crippen LogP contribution in [0.25, 0.3) is 0 Å². The molecule has 1 fully saturated rings. The lowest BCUT2D eigenvalue weighted by molar-refractivity contribution is 0.0696. The average Bonchev–Trinajstić information content (AvgIpc) is 3.08. The van der Waals surface area contributed by atoms with E-state index < -0.39 is 5.97 Å². The molecule has 0 aromatic heterocycles. The number of nitrogens with zero attached hydrogens (tertiary/aromatic N) is 1. The highest BCUT2D eigenvalue weighted by Crippen LogP contribution is 2.28. The van der Waals surface area contributed by atoms with Gasteiger partial charge >= 0.3 is 5.97 Å². The first-order valence-corrected chi connectivity index (χ1v) is 16.1. The minimum absolute atomic E-state index is 0.274. The Morgan fingerprint density at radius 1 is 0.756 bits per heavy atom. The first kappa shape index (κ1) is 31.8. The van der Waals surface area contributed by atoms with Crippen LogP contribution in [0.5, 0.6) is 0 Å². The molecule has 0 spiro atoms. The van der Waals surface area contributed by atoms with Crippen molar-refractivity contribution in [2.75, 3.05) is 35.2 Å². The molecule has 1 aliphatic rings. The monoisotopic (exact) mass is 622 g/mol. The summed E-state index contributed by atoms with van der Waals surface area (Å²) in [6.07, 6.45) is 4.98. The number of piperidine rings is 1. The first-order chi connectivity index (χ1) is 21.9. The van der Waals surface area contributed by atoms with Crippen molar-refractivity contribution in [1.82, 2.24) is 4.72 Å². The van der Waals surface area contributed by atoms with Crippen LogP contribution in [0.1, 0.15) is 68.4 Å². The highest BCUT2D eigenvalue weighted by atomic mass is 32.2. The number of nitrogens with one attached hydrogen (secondary N) is 3. The molecule has 4 N–H and O–H groups in total. The van der Waals surface area contributed by atoms with Gasteiger partial charge < -0.3 is 20.6 Å². The lowest BCUT2D eigenvalue weighted by Gasteiger charge is -2.29. The first-order valence-electron chi connectivity index (χ1n) is 15.3. The van der Waals surface area contributed by atoms with E-state index in [0.717, 1.165) is 67.0 Å². The summed E-state index contributed by atoms with van der Waals surface area (Å²) in [5, 5.41) is 15.1. The topological polar surface area (TPSA) is 111 Å². The molecule has 2 amide bonds. The van der Waals surface area contributed by atoms with Crippen molar-refractivity contribution in [3.8, 4) is 0 Å². The molecule has 0 saturated carbocycles. The average molecular weight is 623 g/mol. The second-order valence-electron chi connectivity index (χ2n) is 11.0. The Balaban J connectivity index is 1.30. The Labute approximate surface area is 268 Å². The number of carboxylic acid groups (broad SMARTS) is 1. The van der Waals surface area contributed by atoms with Gasteiger partial charge in [0.1, 0.15) is 0 Å². The molecule has 232 valence electrons. The van der Waals surface area contributed by atoms with Gasteiger partial charge in [0.25, 0.3) is 11.8 Å². The predicted octanol–water partition coefficient (Wildman–Crippen LogP) is 7.28. The van der Waals surface area contributed by atoms with Crippen LogP contribution in [0.4, 0.5) is 17.1 Å².